The fraction of sp³-hybridized carbons (Fsp3) is 0.188. The molecule has 3 rings (SSSR count). The molecule has 3 aromatic rings. The number of nitrogen functional groups attached to an aromatic ring is 1. The van der Waals surface area contributed by atoms with Crippen molar-refractivity contribution < 1.29 is 0 Å². The van der Waals surface area contributed by atoms with Crippen molar-refractivity contribution in [2.75, 3.05) is 5.73 Å². The highest BCUT2D eigenvalue weighted by Crippen LogP contribution is 2.33. The van der Waals surface area contributed by atoms with Crippen LogP contribution in [0.25, 0.3) is 22.4 Å². The Morgan fingerprint density at radius 2 is 2.10 bits per heavy atom. The van der Waals surface area contributed by atoms with Crippen molar-refractivity contribution in [3.63, 3.8) is 0 Å². The average Bonchev–Trinajstić information content (AvgIpc) is 2.79. The number of aromatic nitrogens is 2. The maximum Gasteiger partial charge on any atom is 0.143 e. The molecule has 0 bridgehead atoms. The van der Waals surface area contributed by atoms with E-state index in [9.17, 15) is 0 Å². The van der Waals surface area contributed by atoms with Gasteiger partial charge in [-0.15, -0.1) is 0 Å². The molecule has 0 unspecified atom stereocenters. The van der Waals surface area contributed by atoms with Crippen molar-refractivity contribution >= 4 is 44.3 Å². The molecule has 0 atom stereocenters. The Morgan fingerprint density at radius 1 is 1.29 bits per heavy atom. The van der Waals surface area contributed by atoms with E-state index in [4.69, 9.17) is 22.3 Å². The van der Waals surface area contributed by atoms with Crippen molar-refractivity contribution in [2.45, 2.75) is 19.9 Å². The lowest BCUT2D eigenvalue weighted by molar-refractivity contribution is 0.704. The zero-order valence-electron chi connectivity index (χ0n) is 11.6. The van der Waals surface area contributed by atoms with Crippen LogP contribution in [-0.4, -0.2) is 9.55 Å². The van der Waals surface area contributed by atoms with Crippen LogP contribution in [0.3, 0.4) is 0 Å². The Morgan fingerprint density at radius 3 is 2.81 bits per heavy atom. The van der Waals surface area contributed by atoms with E-state index in [2.05, 4.69) is 27.4 Å². The first-order valence-corrected chi connectivity index (χ1v) is 7.99. The van der Waals surface area contributed by atoms with Crippen LogP contribution in [0.4, 0.5) is 5.69 Å². The Bertz CT molecular complexity index is 811. The molecule has 108 valence electrons. The summed E-state index contributed by atoms with van der Waals surface area (Å²) in [4.78, 5) is 4.74. The van der Waals surface area contributed by atoms with Gasteiger partial charge >= 0.3 is 0 Å². The maximum atomic E-state index is 6.36. The van der Waals surface area contributed by atoms with E-state index in [0.29, 0.717) is 5.69 Å². The molecule has 0 aliphatic carbocycles. The number of halogens is 2. The van der Waals surface area contributed by atoms with Gasteiger partial charge in [0.2, 0.25) is 0 Å². The van der Waals surface area contributed by atoms with Gasteiger partial charge in [-0.3, -0.25) is 0 Å². The van der Waals surface area contributed by atoms with Crippen molar-refractivity contribution in [3.05, 3.63) is 45.9 Å². The first kappa shape index (κ1) is 14.4. The summed E-state index contributed by atoms with van der Waals surface area (Å²) in [5.74, 6) is 0.866. The zero-order chi connectivity index (χ0) is 15.0. The van der Waals surface area contributed by atoms with Gasteiger partial charge in [-0.2, -0.15) is 0 Å². The van der Waals surface area contributed by atoms with Crippen LogP contribution in [0.1, 0.15) is 13.3 Å². The molecule has 0 aliphatic rings. The summed E-state index contributed by atoms with van der Waals surface area (Å²) < 4.78 is 3.11. The summed E-state index contributed by atoms with van der Waals surface area (Å²) in [6, 6.07) is 11.7. The van der Waals surface area contributed by atoms with E-state index in [1.54, 1.807) is 0 Å². The molecule has 0 radical (unpaired) electrons. The lowest BCUT2D eigenvalue weighted by atomic mass is 10.1. The number of nitrogens with two attached hydrogens (primary N) is 1. The van der Waals surface area contributed by atoms with Gasteiger partial charge in [-0.05, 0) is 36.8 Å². The van der Waals surface area contributed by atoms with Crippen molar-refractivity contribution in [2.24, 2.45) is 0 Å². The number of aryl methyl sites for hydroxylation is 1. The number of hydrogen-bond donors (Lipinski definition) is 1. The molecule has 0 saturated heterocycles. The Hall–Kier alpha value is -1.52. The predicted octanol–water partition coefficient (Wildman–Crippen LogP) is 5.11. The Kier molecular flexibility index (Phi) is 3.91. The number of benzene rings is 2. The Labute approximate surface area is 136 Å². The Balaban J connectivity index is 2.31. The molecule has 21 heavy (non-hydrogen) atoms. The summed E-state index contributed by atoms with van der Waals surface area (Å²) in [7, 11) is 0. The summed E-state index contributed by atoms with van der Waals surface area (Å²) in [6.45, 7) is 2.99. The molecule has 2 N–H and O–H groups in total. The van der Waals surface area contributed by atoms with Crippen LogP contribution in [0, 0.1) is 0 Å². The standard InChI is InChI=1S/C16H15BrClN3/c1-2-8-21-15-12(18)4-3-5-14(15)20-16(21)11-7-6-10(17)9-13(11)19/h3-7,9H,2,8,19H2,1H3. The normalized spacial score (nSPS) is 11.2. The maximum absolute atomic E-state index is 6.36. The molecule has 0 spiro atoms. The van der Waals surface area contributed by atoms with Gasteiger partial charge in [0.05, 0.1) is 16.1 Å². The van der Waals surface area contributed by atoms with Gasteiger partial charge < -0.3 is 10.3 Å². The van der Waals surface area contributed by atoms with Crippen LogP contribution < -0.4 is 5.73 Å². The van der Waals surface area contributed by atoms with Gasteiger partial charge in [-0.25, -0.2) is 4.98 Å². The highest BCUT2D eigenvalue weighted by atomic mass is 79.9. The number of imidazole rings is 1. The smallest absolute Gasteiger partial charge is 0.143 e. The van der Waals surface area contributed by atoms with Crippen LogP contribution in [0.2, 0.25) is 5.02 Å². The second kappa shape index (κ2) is 5.70. The van der Waals surface area contributed by atoms with Crippen LogP contribution in [0.5, 0.6) is 0 Å². The lowest BCUT2D eigenvalue weighted by Crippen LogP contribution is -2.02. The first-order valence-electron chi connectivity index (χ1n) is 6.82. The molecule has 2 aromatic carbocycles. The zero-order valence-corrected chi connectivity index (χ0v) is 13.9. The molecule has 0 saturated carbocycles. The van der Waals surface area contributed by atoms with E-state index in [-0.39, 0.29) is 0 Å². The third-order valence-electron chi connectivity index (χ3n) is 3.42. The van der Waals surface area contributed by atoms with Crippen molar-refractivity contribution in [1.29, 1.82) is 0 Å². The van der Waals surface area contributed by atoms with E-state index >= 15 is 0 Å². The molecule has 1 heterocycles. The quantitative estimate of drug-likeness (QED) is 0.656. The fourth-order valence-electron chi connectivity index (χ4n) is 2.53. The number of hydrogen-bond acceptors (Lipinski definition) is 2. The summed E-state index contributed by atoms with van der Waals surface area (Å²) in [6.07, 6.45) is 1.00. The molecule has 5 heteroatoms. The third kappa shape index (κ3) is 2.54. The minimum absolute atomic E-state index is 0.702. The lowest BCUT2D eigenvalue weighted by Gasteiger charge is -2.10. The van der Waals surface area contributed by atoms with E-state index in [1.165, 1.54) is 0 Å². The molecule has 1 aromatic heterocycles. The van der Waals surface area contributed by atoms with E-state index < -0.39 is 0 Å². The minimum atomic E-state index is 0.702. The topological polar surface area (TPSA) is 43.8 Å². The minimum Gasteiger partial charge on any atom is -0.398 e. The molecule has 3 nitrogen and oxygen atoms in total. The molecule has 0 amide bonds. The molecular formula is C16H15BrClN3. The van der Waals surface area contributed by atoms with Crippen LogP contribution >= 0.6 is 27.5 Å². The fourth-order valence-corrected chi connectivity index (χ4v) is 3.18. The average molecular weight is 365 g/mol. The largest absolute Gasteiger partial charge is 0.398 e. The number of para-hydroxylation sites is 1. The molecular weight excluding hydrogens is 350 g/mol. The van der Waals surface area contributed by atoms with Gasteiger partial charge in [0, 0.05) is 22.3 Å². The van der Waals surface area contributed by atoms with E-state index in [1.807, 2.05) is 36.4 Å². The number of anilines is 1. The van der Waals surface area contributed by atoms with Gasteiger partial charge in [-0.1, -0.05) is 40.5 Å². The number of fused-ring (bicyclic) bond motifs is 1. The third-order valence-corrected chi connectivity index (χ3v) is 4.22. The SMILES string of the molecule is CCCn1c(-c2ccc(Br)cc2N)nc2cccc(Cl)c21. The van der Waals surface area contributed by atoms with E-state index in [0.717, 1.165) is 44.9 Å². The van der Waals surface area contributed by atoms with Crippen LogP contribution in [0.15, 0.2) is 40.9 Å². The van der Waals surface area contributed by atoms with Gasteiger partial charge in [0.15, 0.2) is 0 Å². The molecule has 0 fully saturated rings. The van der Waals surface area contributed by atoms with Gasteiger partial charge in [0.25, 0.3) is 0 Å². The number of rotatable bonds is 3. The molecule has 0 aliphatic heterocycles. The summed E-state index contributed by atoms with van der Waals surface area (Å²) in [5.41, 5.74) is 9.66. The summed E-state index contributed by atoms with van der Waals surface area (Å²) >= 11 is 9.80. The highest BCUT2D eigenvalue weighted by Gasteiger charge is 2.16. The second-order valence-corrected chi connectivity index (χ2v) is 6.25. The van der Waals surface area contributed by atoms with Crippen molar-refractivity contribution in [1.82, 2.24) is 9.55 Å². The van der Waals surface area contributed by atoms with Gasteiger partial charge in [0.1, 0.15) is 5.82 Å². The number of nitrogens with zero attached hydrogens (tertiary/aromatic N) is 2. The second-order valence-electron chi connectivity index (χ2n) is 4.93. The first-order chi connectivity index (χ1) is 10.1. The highest BCUT2D eigenvalue weighted by molar-refractivity contribution is 9.10. The monoisotopic (exact) mass is 363 g/mol. The van der Waals surface area contributed by atoms with Crippen LogP contribution in [-0.2, 0) is 6.54 Å². The summed E-state index contributed by atoms with van der Waals surface area (Å²) in [5, 5.41) is 0.718. The van der Waals surface area contributed by atoms with Crippen molar-refractivity contribution in [3.8, 4) is 11.4 Å². The predicted molar refractivity (Wildman–Crippen MR) is 92.6 cm³/mol.